The maximum atomic E-state index is 10.8. The number of hydrogen-bond acceptors (Lipinski definition) is 3. The first-order valence-electron chi connectivity index (χ1n) is 3.60. The maximum absolute atomic E-state index is 10.8. The lowest BCUT2D eigenvalue weighted by Gasteiger charge is -2.12. The lowest BCUT2D eigenvalue weighted by Crippen LogP contribution is -2.42. The van der Waals surface area contributed by atoms with Gasteiger partial charge in [0.2, 0.25) is 0 Å². The van der Waals surface area contributed by atoms with E-state index in [0.29, 0.717) is 6.54 Å². The number of rotatable bonds is 5. The van der Waals surface area contributed by atoms with Crippen molar-refractivity contribution in [3.05, 3.63) is 0 Å². The molecule has 0 heterocycles. The second kappa shape index (κ2) is 5.38. The molecule has 3 nitrogen and oxygen atoms in total. The quantitative estimate of drug-likeness (QED) is 0.560. The van der Waals surface area contributed by atoms with Gasteiger partial charge in [-0.15, -0.1) is 0 Å². The summed E-state index contributed by atoms with van der Waals surface area (Å²) in [6.07, 6.45) is 0. The van der Waals surface area contributed by atoms with Gasteiger partial charge in [0.25, 0.3) is 0 Å². The highest BCUT2D eigenvalue weighted by atomic mass is 16.1. The third-order valence-corrected chi connectivity index (χ3v) is 1.35. The van der Waals surface area contributed by atoms with Crippen LogP contribution in [-0.2, 0) is 4.79 Å². The normalized spacial score (nSPS) is 13.1. The Morgan fingerprint density at radius 3 is 2.50 bits per heavy atom. The summed E-state index contributed by atoms with van der Waals surface area (Å²) in [7, 11) is 1.84. The highest BCUT2D eigenvalue weighted by Crippen LogP contribution is 1.82. The molecule has 3 heteroatoms. The number of hydrogen-bond donors (Lipinski definition) is 2. The average molecular weight is 144 g/mol. The van der Waals surface area contributed by atoms with E-state index in [1.165, 1.54) is 0 Å². The second-order valence-corrected chi connectivity index (χ2v) is 2.28. The molecule has 0 aromatic rings. The molecule has 0 radical (unpaired) electrons. The minimum atomic E-state index is -0.0185. The van der Waals surface area contributed by atoms with Gasteiger partial charge < -0.3 is 10.6 Å². The number of Topliss-reactive ketones (excluding diaryl/α,β-unsaturated/α-hetero) is 1. The molecule has 2 N–H and O–H groups in total. The first-order chi connectivity index (χ1) is 4.72. The molecule has 0 saturated heterocycles. The molecule has 1 atom stereocenters. The zero-order valence-corrected chi connectivity index (χ0v) is 6.90. The average Bonchev–Trinajstić information content (AvgIpc) is 1.87. The smallest absolute Gasteiger partial charge is 0.147 e. The molecular formula is C7H16N2O. The van der Waals surface area contributed by atoms with Crippen LogP contribution in [0.5, 0.6) is 0 Å². The molecule has 0 aliphatic heterocycles. The number of carbonyl (C=O) groups excluding carboxylic acids is 1. The molecule has 0 aliphatic carbocycles. The summed E-state index contributed by atoms with van der Waals surface area (Å²) < 4.78 is 0. The summed E-state index contributed by atoms with van der Waals surface area (Å²) in [5.41, 5.74) is 0. The van der Waals surface area contributed by atoms with Gasteiger partial charge in [-0.05, 0) is 20.5 Å². The molecule has 0 bridgehead atoms. The Bertz CT molecular complexity index is 97.8. The molecule has 0 aromatic heterocycles. The van der Waals surface area contributed by atoms with E-state index in [4.69, 9.17) is 0 Å². The van der Waals surface area contributed by atoms with Gasteiger partial charge >= 0.3 is 0 Å². The van der Waals surface area contributed by atoms with E-state index in [1.54, 1.807) is 6.92 Å². The number of likely N-dealkylation sites (N-methyl/N-ethyl adjacent to an activating group) is 2. The molecule has 0 saturated carbocycles. The van der Waals surface area contributed by atoms with Gasteiger partial charge in [-0.3, -0.25) is 4.79 Å². The van der Waals surface area contributed by atoms with Crippen LogP contribution in [0.1, 0.15) is 13.8 Å². The fourth-order valence-corrected chi connectivity index (χ4v) is 0.810. The third-order valence-electron chi connectivity index (χ3n) is 1.35. The Labute approximate surface area is 62.2 Å². The first kappa shape index (κ1) is 9.59. The Morgan fingerprint density at radius 2 is 2.20 bits per heavy atom. The van der Waals surface area contributed by atoms with E-state index in [-0.39, 0.29) is 11.8 Å². The highest BCUT2D eigenvalue weighted by Gasteiger charge is 2.09. The fraction of sp³-hybridized carbons (Fsp3) is 0.857. The molecule has 0 rings (SSSR count). The van der Waals surface area contributed by atoms with Gasteiger partial charge in [0, 0.05) is 6.54 Å². The summed E-state index contributed by atoms with van der Waals surface area (Å²) >= 11 is 0. The summed E-state index contributed by atoms with van der Waals surface area (Å²) in [6, 6.07) is -0.0185. The van der Waals surface area contributed by atoms with Gasteiger partial charge in [0.1, 0.15) is 5.78 Å². The number of nitrogens with one attached hydrogen (secondary N) is 2. The highest BCUT2D eigenvalue weighted by molar-refractivity contribution is 5.81. The molecule has 60 valence electrons. The lowest BCUT2D eigenvalue weighted by atomic mass is 10.2. The Balaban J connectivity index is 3.61. The van der Waals surface area contributed by atoms with Crippen LogP contribution in [0.3, 0.4) is 0 Å². The van der Waals surface area contributed by atoms with Crippen LogP contribution in [0.4, 0.5) is 0 Å². The summed E-state index contributed by atoms with van der Waals surface area (Å²) in [5.74, 6) is 0.191. The summed E-state index contributed by atoms with van der Waals surface area (Å²) in [5, 5.41) is 6.02. The van der Waals surface area contributed by atoms with Crippen molar-refractivity contribution in [3.63, 3.8) is 0 Å². The molecule has 0 aromatic carbocycles. The van der Waals surface area contributed by atoms with Gasteiger partial charge in [-0.2, -0.15) is 0 Å². The zero-order chi connectivity index (χ0) is 7.98. The monoisotopic (exact) mass is 144 g/mol. The van der Waals surface area contributed by atoms with Crippen molar-refractivity contribution in [2.45, 2.75) is 19.9 Å². The van der Waals surface area contributed by atoms with Crippen molar-refractivity contribution < 1.29 is 4.79 Å². The van der Waals surface area contributed by atoms with Crippen LogP contribution in [0.15, 0.2) is 0 Å². The van der Waals surface area contributed by atoms with Crippen molar-refractivity contribution in [2.75, 3.05) is 20.1 Å². The third kappa shape index (κ3) is 3.58. The topological polar surface area (TPSA) is 41.1 Å². The van der Waals surface area contributed by atoms with Gasteiger partial charge in [-0.1, -0.05) is 6.92 Å². The van der Waals surface area contributed by atoms with Gasteiger partial charge in [0.15, 0.2) is 0 Å². The first-order valence-corrected chi connectivity index (χ1v) is 3.60. The molecule has 0 fully saturated rings. The van der Waals surface area contributed by atoms with Crippen molar-refractivity contribution in [1.82, 2.24) is 10.6 Å². The standard InChI is InChI=1S/C7H16N2O/c1-4-9-7(5-8-3)6(2)10/h7-9H,4-5H2,1-3H3. The van der Waals surface area contributed by atoms with Gasteiger partial charge in [-0.25, -0.2) is 0 Å². The van der Waals surface area contributed by atoms with E-state index >= 15 is 0 Å². The predicted molar refractivity (Wildman–Crippen MR) is 42.1 cm³/mol. The minimum absolute atomic E-state index is 0.0185. The Morgan fingerprint density at radius 1 is 1.60 bits per heavy atom. The number of carbonyl (C=O) groups is 1. The zero-order valence-electron chi connectivity index (χ0n) is 6.90. The van der Waals surface area contributed by atoms with Crippen molar-refractivity contribution >= 4 is 5.78 Å². The van der Waals surface area contributed by atoms with E-state index in [1.807, 2.05) is 14.0 Å². The van der Waals surface area contributed by atoms with Crippen LogP contribution in [0.2, 0.25) is 0 Å². The minimum Gasteiger partial charge on any atom is -0.318 e. The molecule has 1 unspecified atom stereocenters. The Kier molecular flexibility index (Phi) is 5.16. The predicted octanol–water partition coefficient (Wildman–Crippen LogP) is -0.227. The number of ketones is 1. The molecule has 10 heavy (non-hydrogen) atoms. The molecule has 0 spiro atoms. The lowest BCUT2D eigenvalue weighted by molar-refractivity contribution is -0.118. The van der Waals surface area contributed by atoms with Crippen LogP contribution in [0, 0.1) is 0 Å². The molecule has 0 amide bonds. The Hall–Kier alpha value is -0.410. The van der Waals surface area contributed by atoms with Crippen LogP contribution >= 0.6 is 0 Å². The van der Waals surface area contributed by atoms with Crippen molar-refractivity contribution in [2.24, 2.45) is 0 Å². The molecular weight excluding hydrogens is 128 g/mol. The van der Waals surface area contributed by atoms with E-state index in [0.717, 1.165) is 6.54 Å². The van der Waals surface area contributed by atoms with Crippen LogP contribution < -0.4 is 10.6 Å². The van der Waals surface area contributed by atoms with Gasteiger partial charge in [0.05, 0.1) is 6.04 Å². The second-order valence-electron chi connectivity index (χ2n) is 2.28. The summed E-state index contributed by atoms with van der Waals surface area (Å²) in [6.45, 7) is 5.14. The summed E-state index contributed by atoms with van der Waals surface area (Å²) in [4.78, 5) is 10.8. The van der Waals surface area contributed by atoms with Crippen molar-refractivity contribution in [3.8, 4) is 0 Å². The maximum Gasteiger partial charge on any atom is 0.147 e. The van der Waals surface area contributed by atoms with Crippen molar-refractivity contribution in [1.29, 1.82) is 0 Å². The van der Waals surface area contributed by atoms with E-state index in [9.17, 15) is 4.79 Å². The van der Waals surface area contributed by atoms with E-state index < -0.39 is 0 Å². The van der Waals surface area contributed by atoms with Crippen LogP contribution in [0.25, 0.3) is 0 Å². The SMILES string of the molecule is CCNC(CNC)C(C)=O. The fourth-order valence-electron chi connectivity index (χ4n) is 0.810. The molecule has 0 aliphatic rings. The van der Waals surface area contributed by atoms with Crippen LogP contribution in [-0.4, -0.2) is 32.0 Å². The largest absolute Gasteiger partial charge is 0.318 e. The van der Waals surface area contributed by atoms with E-state index in [2.05, 4.69) is 10.6 Å².